The van der Waals surface area contributed by atoms with Gasteiger partial charge in [-0.15, -0.1) is 0 Å². The van der Waals surface area contributed by atoms with Gasteiger partial charge in [-0.05, 0) is 43.5 Å². The van der Waals surface area contributed by atoms with Gasteiger partial charge in [-0.1, -0.05) is 19.1 Å². The molecule has 1 aliphatic rings. The van der Waals surface area contributed by atoms with E-state index in [1.165, 1.54) is 17.7 Å². The SMILES string of the molecule is CCCNCc1ccc(N2CCC(C(=O)NC)CC2)cc1. The summed E-state index contributed by atoms with van der Waals surface area (Å²) in [7, 11) is 1.72. The third kappa shape index (κ3) is 4.46. The Hall–Kier alpha value is -1.55. The number of rotatable bonds is 6. The van der Waals surface area contributed by atoms with E-state index in [4.69, 9.17) is 0 Å². The average Bonchev–Trinajstić information content (AvgIpc) is 2.55. The van der Waals surface area contributed by atoms with E-state index in [9.17, 15) is 4.79 Å². The van der Waals surface area contributed by atoms with Crippen molar-refractivity contribution in [1.29, 1.82) is 0 Å². The van der Waals surface area contributed by atoms with Crippen molar-refractivity contribution in [1.82, 2.24) is 10.6 Å². The predicted molar refractivity (Wildman–Crippen MR) is 87.4 cm³/mol. The number of nitrogens with zero attached hydrogens (tertiary/aromatic N) is 1. The Labute approximate surface area is 127 Å². The normalized spacial score (nSPS) is 16.0. The molecule has 21 heavy (non-hydrogen) atoms. The summed E-state index contributed by atoms with van der Waals surface area (Å²) < 4.78 is 0. The third-order valence-corrected chi connectivity index (χ3v) is 4.17. The number of hydrogen-bond donors (Lipinski definition) is 2. The molecular weight excluding hydrogens is 262 g/mol. The van der Waals surface area contributed by atoms with Gasteiger partial charge in [0, 0.05) is 38.3 Å². The third-order valence-electron chi connectivity index (χ3n) is 4.17. The van der Waals surface area contributed by atoms with E-state index in [-0.39, 0.29) is 11.8 Å². The molecule has 1 heterocycles. The van der Waals surface area contributed by atoms with Crippen molar-refractivity contribution in [3.8, 4) is 0 Å². The predicted octanol–water partition coefficient (Wildman–Crippen LogP) is 2.15. The molecule has 2 N–H and O–H groups in total. The summed E-state index contributed by atoms with van der Waals surface area (Å²) in [5.41, 5.74) is 2.59. The molecule has 1 fully saturated rings. The van der Waals surface area contributed by atoms with Crippen LogP contribution in [0.15, 0.2) is 24.3 Å². The molecule has 0 radical (unpaired) electrons. The lowest BCUT2D eigenvalue weighted by atomic mass is 9.95. The molecule has 2 rings (SSSR count). The van der Waals surface area contributed by atoms with Crippen LogP contribution < -0.4 is 15.5 Å². The molecule has 0 saturated carbocycles. The van der Waals surface area contributed by atoms with Gasteiger partial charge in [-0.2, -0.15) is 0 Å². The first-order valence-electron chi connectivity index (χ1n) is 8.00. The molecule has 1 aromatic rings. The monoisotopic (exact) mass is 289 g/mol. The van der Waals surface area contributed by atoms with Crippen LogP contribution in [0.1, 0.15) is 31.7 Å². The van der Waals surface area contributed by atoms with Crippen LogP contribution in [0.2, 0.25) is 0 Å². The molecule has 0 spiro atoms. The highest BCUT2D eigenvalue weighted by molar-refractivity contribution is 5.78. The summed E-state index contributed by atoms with van der Waals surface area (Å²) in [6, 6.07) is 8.79. The number of benzene rings is 1. The maximum atomic E-state index is 11.6. The molecular formula is C17H27N3O. The molecule has 1 aliphatic heterocycles. The van der Waals surface area contributed by atoms with Crippen molar-refractivity contribution in [2.24, 2.45) is 5.92 Å². The van der Waals surface area contributed by atoms with Crippen LogP contribution in [0.5, 0.6) is 0 Å². The molecule has 4 nitrogen and oxygen atoms in total. The van der Waals surface area contributed by atoms with Crippen molar-refractivity contribution in [2.45, 2.75) is 32.7 Å². The molecule has 116 valence electrons. The maximum Gasteiger partial charge on any atom is 0.222 e. The fraction of sp³-hybridized carbons (Fsp3) is 0.588. The summed E-state index contributed by atoms with van der Waals surface area (Å²) in [4.78, 5) is 14.0. The lowest BCUT2D eigenvalue weighted by Crippen LogP contribution is -2.39. The maximum absolute atomic E-state index is 11.6. The first kappa shape index (κ1) is 15.8. The Balaban J connectivity index is 1.84. The molecule has 1 aromatic carbocycles. The second kappa shape index (κ2) is 8.03. The lowest BCUT2D eigenvalue weighted by Gasteiger charge is -2.32. The lowest BCUT2D eigenvalue weighted by molar-refractivity contribution is -0.125. The van der Waals surface area contributed by atoms with Gasteiger partial charge in [0.2, 0.25) is 5.91 Å². The fourth-order valence-electron chi connectivity index (χ4n) is 2.84. The molecule has 0 aromatic heterocycles. The minimum Gasteiger partial charge on any atom is -0.371 e. The quantitative estimate of drug-likeness (QED) is 0.789. The van der Waals surface area contributed by atoms with Gasteiger partial charge in [0.05, 0.1) is 0 Å². The molecule has 4 heteroatoms. The van der Waals surface area contributed by atoms with E-state index >= 15 is 0 Å². The van der Waals surface area contributed by atoms with Gasteiger partial charge >= 0.3 is 0 Å². The van der Waals surface area contributed by atoms with Gasteiger partial charge < -0.3 is 15.5 Å². The Bertz CT molecular complexity index is 436. The largest absolute Gasteiger partial charge is 0.371 e. The van der Waals surface area contributed by atoms with Crippen LogP contribution >= 0.6 is 0 Å². The van der Waals surface area contributed by atoms with Crippen LogP contribution in [-0.4, -0.2) is 32.6 Å². The second-order valence-electron chi connectivity index (χ2n) is 5.72. The summed E-state index contributed by atoms with van der Waals surface area (Å²) >= 11 is 0. The van der Waals surface area contributed by atoms with Crippen molar-refractivity contribution in [3.05, 3.63) is 29.8 Å². The Kier molecular flexibility index (Phi) is 6.05. The van der Waals surface area contributed by atoms with E-state index in [1.54, 1.807) is 7.05 Å². The smallest absolute Gasteiger partial charge is 0.222 e. The van der Waals surface area contributed by atoms with Crippen LogP contribution in [0.4, 0.5) is 5.69 Å². The molecule has 1 saturated heterocycles. The van der Waals surface area contributed by atoms with Crippen molar-refractivity contribution in [3.63, 3.8) is 0 Å². The number of amides is 1. The molecule has 0 unspecified atom stereocenters. The van der Waals surface area contributed by atoms with E-state index in [0.29, 0.717) is 0 Å². The van der Waals surface area contributed by atoms with E-state index in [0.717, 1.165) is 39.0 Å². The Morgan fingerprint density at radius 1 is 1.24 bits per heavy atom. The highest BCUT2D eigenvalue weighted by atomic mass is 16.1. The number of nitrogens with one attached hydrogen (secondary N) is 2. The van der Waals surface area contributed by atoms with Crippen LogP contribution in [0.25, 0.3) is 0 Å². The molecule has 0 atom stereocenters. The highest BCUT2D eigenvalue weighted by Gasteiger charge is 2.24. The van der Waals surface area contributed by atoms with Gasteiger partial charge in [0.25, 0.3) is 0 Å². The van der Waals surface area contributed by atoms with Crippen molar-refractivity contribution in [2.75, 3.05) is 31.6 Å². The number of carbonyl (C=O) groups is 1. The molecule has 1 amide bonds. The second-order valence-corrected chi connectivity index (χ2v) is 5.72. The van der Waals surface area contributed by atoms with E-state index < -0.39 is 0 Å². The Morgan fingerprint density at radius 2 is 1.90 bits per heavy atom. The first-order chi connectivity index (χ1) is 10.2. The number of carbonyl (C=O) groups excluding carboxylic acids is 1. The fourth-order valence-corrected chi connectivity index (χ4v) is 2.84. The zero-order valence-electron chi connectivity index (χ0n) is 13.2. The topological polar surface area (TPSA) is 44.4 Å². The zero-order valence-corrected chi connectivity index (χ0v) is 13.2. The standard InChI is InChI=1S/C17H27N3O/c1-3-10-19-13-14-4-6-16(7-5-14)20-11-8-15(9-12-20)17(21)18-2/h4-7,15,19H,3,8-13H2,1-2H3,(H,18,21). The van der Waals surface area contributed by atoms with Crippen molar-refractivity contribution >= 4 is 11.6 Å². The zero-order chi connectivity index (χ0) is 15.1. The van der Waals surface area contributed by atoms with Gasteiger partial charge in [-0.3, -0.25) is 4.79 Å². The van der Waals surface area contributed by atoms with E-state index in [2.05, 4.69) is 46.7 Å². The summed E-state index contributed by atoms with van der Waals surface area (Å²) in [5.74, 6) is 0.371. The average molecular weight is 289 g/mol. The summed E-state index contributed by atoms with van der Waals surface area (Å²) in [6.45, 7) is 6.11. The van der Waals surface area contributed by atoms with Gasteiger partial charge in [0.1, 0.15) is 0 Å². The van der Waals surface area contributed by atoms with Crippen LogP contribution in [0, 0.1) is 5.92 Å². The van der Waals surface area contributed by atoms with Gasteiger partial charge in [-0.25, -0.2) is 0 Å². The van der Waals surface area contributed by atoms with Crippen LogP contribution in [0.3, 0.4) is 0 Å². The summed E-state index contributed by atoms with van der Waals surface area (Å²) in [5, 5.41) is 6.17. The Morgan fingerprint density at radius 3 is 2.48 bits per heavy atom. The number of anilines is 1. The van der Waals surface area contributed by atoms with Crippen molar-refractivity contribution < 1.29 is 4.79 Å². The molecule has 0 aliphatic carbocycles. The number of piperidine rings is 1. The van der Waals surface area contributed by atoms with E-state index in [1.807, 2.05) is 0 Å². The summed E-state index contributed by atoms with van der Waals surface area (Å²) in [6.07, 6.45) is 3.05. The van der Waals surface area contributed by atoms with Crippen LogP contribution in [-0.2, 0) is 11.3 Å². The highest BCUT2D eigenvalue weighted by Crippen LogP contribution is 2.23. The minimum atomic E-state index is 0.184. The van der Waals surface area contributed by atoms with Gasteiger partial charge in [0.15, 0.2) is 0 Å². The minimum absolute atomic E-state index is 0.184. The molecule has 0 bridgehead atoms. The first-order valence-corrected chi connectivity index (χ1v) is 8.00. The number of hydrogen-bond acceptors (Lipinski definition) is 3.